The average Bonchev–Trinajstić information content (AvgIpc) is 2.63. The van der Waals surface area contributed by atoms with E-state index in [1.807, 2.05) is 6.07 Å². The van der Waals surface area contributed by atoms with Crippen molar-refractivity contribution in [2.45, 2.75) is 6.10 Å². The zero-order chi connectivity index (χ0) is 16.8. The number of benzene rings is 1. The first-order valence-electron chi connectivity index (χ1n) is 8.01. The molecule has 6 nitrogen and oxygen atoms in total. The van der Waals surface area contributed by atoms with Crippen molar-refractivity contribution in [2.24, 2.45) is 0 Å². The van der Waals surface area contributed by atoms with E-state index in [1.54, 1.807) is 36.7 Å². The van der Waals surface area contributed by atoms with Crippen molar-refractivity contribution < 1.29 is 9.84 Å². The molecule has 0 unspecified atom stereocenters. The molecule has 1 N–H and O–H groups in total. The maximum atomic E-state index is 10.2. The first-order chi connectivity index (χ1) is 11.7. The highest BCUT2D eigenvalue weighted by atomic mass is 35.5. The Balaban J connectivity index is 1.40. The highest BCUT2D eigenvalue weighted by molar-refractivity contribution is 6.30. The molecule has 2 aromatic rings. The van der Waals surface area contributed by atoms with Crippen LogP contribution in [0.25, 0.3) is 0 Å². The number of anilines is 1. The fourth-order valence-electron chi connectivity index (χ4n) is 2.66. The van der Waals surface area contributed by atoms with E-state index in [2.05, 4.69) is 19.8 Å². The molecule has 0 bridgehead atoms. The van der Waals surface area contributed by atoms with Gasteiger partial charge in [-0.3, -0.25) is 4.90 Å². The van der Waals surface area contributed by atoms with Crippen LogP contribution in [0.4, 0.5) is 5.95 Å². The molecule has 1 fully saturated rings. The van der Waals surface area contributed by atoms with Gasteiger partial charge in [0.05, 0.1) is 0 Å². The van der Waals surface area contributed by atoms with Gasteiger partial charge in [-0.1, -0.05) is 11.6 Å². The van der Waals surface area contributed by atoms with Gasteiger partial charge in [-0.05, 0) is 30.3 Å². The van der Waals surface area contributed by atoms with E-state index in [0.717, 1.165) is 32.1 Å². The average molecular weight is 349 g/mol. The first-order valence-corrected chi connectivity index (χ1v) is 8.39. The lowest BCUT2D eigenvalue weighted by molar-refractivity contribution is 0.0662. The van der Waals surface area contributed by atoms with Gasteiger partial charge in [-0.15, -0.1) is 0 Å². The van der Waals surface area contributed by atoms with Gasteiger partial charge in [0.2, 0.25) is 5.95 Å². The second kappa shape index (κ2) is 8.28. The largest absolute Gasteiger partial charge is 0.491 e. The van der Waals surface area contributed by atoms with Crippen LogP contribution in [0, 0.1) is 0 Å². The molecule has 128 valence electrons. The van der Waals surface area contributed by atoms with Crippen molar-refractivity contribution in [2.75, 3.05) is 44.2 Å². The number of hydrogen-bond donors (Lipinski definition) is 1. The normalized spacial score (nSPS) is 16.8. The monoisotopic (exact) mass is 348 g/mol. The maximum absolute atomic E-state index is 10.2. The lowest BCUT2D eigenvalue weighted by Crippen LogP contribution is -2.49. The third-order valence-corrected chi connectivity index (χ3v) is 4.18. The summed E-state index contributed by atoms with van der Waals surface area (Å²) < 4.78 is 5.59. The molecule has 0 spiro atoms. The summed E-state index contributed by atoms with van der Waals surface area (Å²) in [5.74, 6) is 1.48. The second-order valence-corrected chi connectivity index (χ2v) is 6.19. The third-order valence-electron chi connectivity index (χ3n) is 3.93. The molecule has 0 radical (unpaired) electrons. The first kappa shape index (κ1) is 17.0. The number of β-amino-alcohol motifs (C(OH)–C–C–N with tert-alkyl or cyclic N) is 1. The molecule has 7 heteroatoms. The molecule has 0 aliphatic carbocycles. The molecule has 1 aliphatic heterocycles. The highest BCUT2D eigenvalue weighted by Gasteiger charge is 2.20. The van der Waals surface area contributed by atoms with Crippen LogP contribution in [0.5, 0.6) is 5.75 Å². The molecule has 24 heavy (non-hydrogen) atoms. The van der Waals surface area contributed by atoms with E-state index >= 15 is 0 Å². The Morgan fingerprint density at radius 1 is 1.08 bits per heavy atom. The molecule has 1 aromatic carbocycles. The van der Waals surface area contributed by atoms with Crippen LogP contribution in [0.1, 0.15) is 0 Å². The van der Waals surface area contributed by atoms with Crippen LogP contribution in [0.2, 0.25) is 5.02 Å². The Morgan fingerprint density at radius 2 is 1.75 bits per heavy atom. The third kappa shape index (κ3) is 4.80. The van der Waals surface area contributed by atoms with Crippen LogP contribution < -0.4 is 9.64 Å². The van der Waals surface area contributed by atoms with Crippen molar-refractivity contribution in [1.29, 1.82) is 0 Å². The molecule has 1 aromatic heterocycles. The lowest BCUT2D eigenvalue weighted by atomic mass is 10.2. The van der Waals surface area contributed by atoms with E-state index in [4.69, 9.17) is 16.3 Å². The quantitative estimate of drug-likeness (QED) is 0.857. The van der Waals surface area contributed by atoms with Gasteiger partial charge in [0.15, 0.2) is 0 Å². The van der Waals surface area contributed by atoms with Gasteiger partial charge in [0.1, 0.15) is 18.5 Å². The number of aliphatic hydroxyl groups is 1. The number of ether oxygens (including phenoxy) is 1. The number of halogens is 1. The molecular weight excluding hydrogens is 328 g/mol. The van der Waals surface area contributed by atoms with Gasteiger partial charge in [-0.2, -0.15) is 0 Å². The van der Waals surface area contributed by atoms with Gasteiger partial charge < -0.3 is 14.7 Å². The fourth-order valence-corrected chi connectivity index (χ4v) is 2.78. The maximum Gasteiger partial charge on any atom is 0.225 e. The van der Waals surface area contributed by atoms with Crippen molar-refractivity contribution in [3.05, 3.63) is 47.7 Å². The van der Waals surface area contributed by atoms with E-state index in [1.165, 1.54) is 0 Å². The number of rotatable bonds is 6. The van der Waals surface area contributed by atoms with Gasteiger partial charge in [0.25, 0.3) is 0 Å². The number of aliphatic hydroxyl groups excluding tert-OH is 1. The Hall–Kier alpha value is -1.89. The Bertz CT molecular complexity index is 618. The van der Waals surface area contributed by atoms with Gasteiger partial charge in [0, 0.05) is 50.1 Å². The topological polar surface area (TPSA) is 61.7 Å². The van der Waals surface area contributed by atoms with E-state index in [-0.39, 0.29) is 6.61 Å². The molecule has 2 heterocycles. The fraction of sp³-hybridized carbons (Fsp3) is 0.412. The minimum atomic E-state index is -0.528. The Kier molecular flexibility index (Phi) is 5.85. The van der Waals surface area contributed by atoms with E-state index in [0.29, 0.717) is 17.3 Å². The predicted molar refractivity (Wildman–Crippen MR) is 93.6 cm³/mol. The molecule has 3 rings (SSSR count). The number of aromatic nitrogens is 2. The zero-order valence-electron chi connectivity index (χ0n) is 13.4. The second-order valence-electron chi connectivity index (χ2n) is 5.76. The molecule has 0 saturated carbocycles. The van der Waals surface area contributed by atoms with Crippen molar-refractivity contribution in [3.8, 4) is 5.75 Å². The van der Waals surface area contributed by atoms with E-state index < -0.39 is 6.10 Å². The minimum absolute atomic E-state index is 0.268. The number of piperazine rings is 1. The van der Waals surface area contributed by atoms with E-state index in [9.17, 15) is 5.11 Å². The summed E-state index contributed by atoms with van der Waals surface area (Å²) in [6, 6.07) is 8.96. The van der Waals surface area contributed by atoms with Crippen LogP contribution in [-0.2, 0) is 0 Å². The molecule has 1 saturated heterocycles. The molecule has 1 atom stereocenters. The summed E-state index contributed by atoms with van der Waals surface area (Å²) in [5, 5.41) is 10.8. The van der Waals surface area contributed by atoms with Crippen LogP contribution in [-0.4, -0.2) is 65.4 Å². The van der Waals surface area contributed by atoms with Crippen molar-refractivity contribution in [3.63, 3.8) is 0 Å². The molecule has 1 aliphatic rings. The summed E-state index contributed by atoms with van der Waals surface area (Å²) >= 11 is 5.83. The summed E-state index contributed by atoms with van der Waals surface area (Å²) in [6.07, 6.45) is 2.99. The molecular formula is C17H21ClN4O2. The minimum Gasteiger partial charge on any atom is -0.491 e. The highest BCUT2D eigenvalue weighted by Crippen LogP contribution is 2.16. The van der Waals surface area contributed by atoms with Crippen LogP contribution in [0.15, 0.2) is 42.7 Å². The smallest absolute Gasteiger partial charge is 0.225 e. The summed E-state index contributed by atoms with van der Waals surface area (Å²) in [4.78, 5) is 12.9. The Morgan fingerprint density at radius 3 is 2.42 bits per heavy atom. The van der Waals surface area contributed by atoms with Crippen LogP contribution in [0.3, 0.4) is 0 Å². The summed E-state index contributed by atoms with van der Waals surface area (Å²) in [7, 11) is 0. The number of nitrogens with zero attached hydrogens (tertiary/aromatic N) is 4. The van der Waals surface area contributed by atoms with Gasteiger partial charge in [-0.25, -0.2) is 9.97 Å². The zero-order valence-corrected chi connectivity index (χ0v) is 14.1. The van der Waals surface area contributed by atoms with Crippen molar-refractivity contribution >= 4 is 17.5 Å². The lowest BCUT2D eigenvalue weighted by Gasteiger charge is -2.35. The SMILES string of the molecule is O[C@@H](COc1ccc(Cl)cc1)CN1CCN(c2ncccn2)CC1. The van der Waals surface area contributed by atoms with Gasteiger partial charge >= 0.3 is 0 Å². The van der Waals surface area contributed by atoms with Crippen molar-refractivity contribution in [1.82, 2.24) is 14.9 Å². The Labute approximate surface area is 146 Å². The molecule has 0 amide bonds. The summed E-state index contributed by atoms with van der Waals surface area (Å²) in [6.45, 7) is 4.32. The number of hydrogen-bond acceptors (Lipinski definition) is 6. The standard InChI is InChI=1S/C17H21ClN4O2/c18-14-2-4-16(5-3-14)24-13-15(23)12-21-8-10-22(11-9-21)17-19-6-1-7-20-17/h1-7,15,23H,8-13H2/t15-/m1/s1. The van der Waals surface area contributed by atoms with Crippen LogP contribution >= 0.6 is 11.6 Å². The summed E-state index contributed by atoms with van der Waals surface area (Å²) in [5.41, 5.74) is 0. The predicted octanol–water partition coefficient (Wildman–Crippen LogP) is 1.69.